The first-order chi connectivity index (χ1) is 9.04. The van der Waals surface area contributed by atoms with Gasteiger partial charge in [0.25, 0.3) is 0 Å². The lowest BCUT2D eigenvalue weighted by Crippen LogP contribution is -2.19. The Morgan fingerprint density at radius 2 is 2.11 bits per heavy atom. The second-order valence-electron chi connectivity index (χ2n) is 5.59. The number of pyridine rings is 1. The Morgan fingerprint density at radius 1 is 1.26 bits per heavy atom. The molecule has 0 fully saturated rings. The Morgan fingerprint density at radius 3 is 2.79 bits per heavy atom. The molecular weight excluding hydrogens is 274 g/mol. The molecule has 0 saturated heterocycles. The fourth-order valence-corrected chi connectivity index (χ4v) is 4.91. The highest BCUT2D eigenvalue weighted by molar-refractivity contribution is 7.98. The van der Waals surface area contributed by atoms with E-state index in [0.29, 0.717) is 11.7 Å². The lowest BCUT2D eigenvalue weighted by atomic mass is 10.3. The van der Waals surface area contributed by atoms with Gasteiger partial charge in [-0.2, -0.15) is 16.7 Å². The van der Waals surface area contributed by atoms with Gasteiger partial charge in [-0.1, -0.05) is 30.9 Å². The molecule has 0 aliphatic heterocycles. The molecule has 2 aromatic heterocycles. The monoisotopic (exact) mass is 293 g/mol. The van der Waals surface area contributed by atoms with E-state index in [9.17, 15) is 0 Å². The molecule has 0 unspecified atom stereocenters. The molecule has 0 aromatic carbocycles. The quantitative estimate of drug-likeness (QED) is 0.600. The highest BCUT2D eigenvalue weighted by Crippen LogP contribution is 2.19. The summed E-state index contributed by atoms with van der Waals surface area (Å²) in [6, 6.07) is 6.99. The highest BCUT2D eigenvalue weighted by Gasteiger charge is 2.13. The van der Waals surface area contributed by atoms with E-state index in [1.807, 2.05) is 30.0 Å². The topological polar surface area (TPSA) is 51.8 Å². The second-order valence-corrected chi connectivity index (χ2v) is 12.3. The van der Waals surface area contributed by atoms with Crippen LogP contribution in [0.4, 0.5) is 0 Å². The molecule has 0 amide bonds. The second kappa shape index (κ2) is 6.34. The molecule has 4 nitrogen and oxygen atoms in total. The van der Waals surface area contributed by atoms with E-state index in [-0.39, 0.29) is 0 Å². The van der Waals surface area contributed by atoms with Crippen LogP contribution >= 0.6 is 11.8 Å². The van der Waals surface area contributed by atoms with Crippen molar-refractivity contribution in [1.29, 1.82) is 0 Å². The third kappa shape index (κ3) is 4.79. The van der Waals surface area contributed by atoms with Gasteiger partial charge in [-0.25, -0.2) is 0 Å². The number of hydrogen-bond acceptors (Lipinski definition) is 5. The summed E-state index contributed by atoms with van der Waals surface area (Å²) in [6.07, 6.45) is 1.73. The maximum absolute atomic E-state index is 5.24. The van der Waals surface area contributed by atoms with Crippen LogP contribution in [-0.4, -0.2) is 29.0 Å². The fraction of sp³-hybridized carbons (Fsp3) is 0.462. The van der Waals surface area contributed by atoms with Crippen LogP contribution < -0.4 is 0 Å². The molecule has 2 heterocycles. The number of aromatic nitrogens is 3. The van der Waals surface area contributed by atoms with Gasteiger partial charge in [0.2, 0.25) is 11.7 Å². The minimum absolute atomic E-state index is 0.571. The Bertz CT molecular complexity index is 510. The van der Waals surface area contributed by atoms with Crippen molar-refractivity contribution in [1.82, 2.24) is 15.1 Å². The lowest BCUT2D eigenvalue weighted by Gasteiger charge is -2.14. The summed E-state index contributed by atoms with van der Waals surface area (Å²) in [5.74, 6) is 3.20. The minimum atomic E-state index is -0.940. The van der Waals surface area contributed by atoms with Crippen LogP contribution in [0.2, 0.25) is 25.7 Å². The standard InChI is InChI=1S/C13H19N3OSSi/c1-19(2,3)9-8-18-10-12-15-13(16-17-12)11-6-4-5-7-14-11/h4-7H,8-10H2,1-3H3. The predicted octanol–water partition coefficient (Wildman–Crippen LogP) is 3.70. The molecule has 0 bridgehead atoms. The Kier molecular flexibility index (Phi) is 4.76. The average molecular weight is 293 g/mol. The number of hydrogen-bond donors (Lipinski definition) is 0. The van der Waals surface area contributed by atoms with E-state index < -0.39 is 8.07 Å². The predicted molar refractivity (Wildman–Crippen MR) is 81.8 cm³/mol. The summed E-state index contributed by atoms with van der Waals surface area (Å²) in [7, 11) is -0.940. The van der Waals surface area contributed by atoms with Crippen LogP contribution in [0.25, 0.3) is 11.5 Å². The van der Waals surface area contributed by atoms with Crippen molar-refractivity contribution in [3.63, 3.8) is 0 Å². The molecule has 0 saturated carbocycles. The Hall–Kier alpha value is -1.14. The van der Waals surface area contributed by atoms with E-state index in [1.165, 1.54) is 6.04 Å². The van der Waals surface area contributed by atoms with Gasteiger partial charge in [-0.05, 0) is 23.9 Å². The van der Waals surface area contributed by atoms with Gasteiger partial charge in [0, 0.05) is 14.3 Å². The molecule has 6 heteroatoms. The SMILES string of the molecule is C[Si](C)(C)CCSCc1nc(-c2ccccn2)no1. The van der Waals surface area contributed by atoms with Crippen molar-refractivity contribution in [3.05, 3.63) is 30.3 Å². The third-order valence-electron chi connectivity index (χ3n) is 2.58. The molecule has 0 atom stereocenters. The summed E-state index contributed by atoms with van der Waals surface area (Å²) in [5, 5.41) is 3.96. The maximum atomic E-state index is 5.24. The smallest absolute Gasteiger partial charge is 0.237 e. The zero-order valence-electron chi connectivity index (χ0n) is 11.6. The molecule has 0 aliphatic rings. The van der Waals surface area contributed by atoms with Crippen LogP contribution in [0.5, 0.6) is 0 Å². The van der Waals surface area contributed by atoms with Crippen LogP contribution in [-0.2, 0) is 5.75 Å². The molecule has 2 rings (SSSR count). The molecule has 0 N–H and O–H groups in total. The van der Waals surface area contributed by atoms with Crippen molar-refractivity contribution in [2.24, 2.45) is 0 Å². The zero-order valence-corrected chi connectivity index (χ0v) is 13.4. The first-order valence-electron chi connectivity index (χ1n) is 6.36. The molecule has 2 aromatic rings. The largest absolute Gasteiger partial charge is 0.338 e. The lowest BCUT2D eigenvalue weighted by molar-refractivity contribution is 0.391. The van der Waals surface area contributed by atoms with Crippen LogP contribution in [0, 0.1) is 0 Å². The maximum Gasteiger partial charge on any atom is 0.237 e. The average Bonchev–Trinajstić information content (AvgIpc) is 2.83. The third-order valence-corrected chi connectivity index (χ3v) is 5.64. The van der Waals surface area contributed by atoms with Crippen LogP contribution in [0.3, 0.4) is 0 Å². The van der Waals surface area contributed by atoms with Crippen molar-refractivity contribution < 1.29 is 4.52 Å². The molecule has 0 radical (unpaired) electrons. The summed E-state index contributed by atoms with van der Waals surface area (Å²) in [6.45, 7) is 7.16. The van der Waals surface area contributed by atoms with E-state index in [2.05, 4.69) is 34.8 Å². The van der Waals surface area contributed by atoms with Gasteiger partial charge in [0.1, 0.15) is 5.69 Å². The van der Waals surface area contributed by atoms with Gasteiger partial charge in [0.15, 0.2) is 0 Å². The van der Waals surface area contributed by atoms with Gasteiger partial charge in [-0.3, -0.25) is 4.98 Å². The van der Waals surface area contributed by atoms with Crippen molar-refractivity contribution in [3.8, 4) is 11.5 Å². The molecule has 102 valence electrons. The highest BCUT2D eigenvalue weighted by atomic mass is 32.2. The summed E-state index contributed by atoms with van der Waals surface area (Å²) in [5.41, 5.74) is 0.754. The van der Waals surface area contributed by atoms with E-state index in [4.69, 9.17) is 4.52 Å². The molecule has 0 aliphatic carbocycles. The normalized spacial score (nSPS) is 11.7. The Balaban J connectivity index is 1.85. The number of rotatable bonds is 6. The van der Waals surface area contributed by atoms with E-state index in [1.54, 1.807) is 6.20 Å². The van der Waals surface area contributed by atoms with E-state index >= 15 is 0 Å². The van der Waals surface area contributed by atoms with E-state index in [0.717, 1.165) is 17.2 Å². The van der Waals surface area contributed by atoms with Gasteiger partial charge >= 0.3 is 0 Å². The van der Waals surface area contributed by atoms with Gasteiger partial charge in [-0.15, -0.1) is 0 Å². The van der Waals surface area contributed by atoms with Crippen LogP contribution in [0.15, 0.2) is 28.9 Å². The molecule has 0 spiro atoms. The van der Waals surface area contributed by atoms with Crippen LogP contribution in [0.1, 0.15) is 5.89 Å². The summed E-state index contributed by atoms with van der Waals surface area (Å²) in [4.78, 5) is 8.57. The first kappa shape index (κ1) is 14.3. The fourth-order valence-electron chi connectivity index (χ4n) is 1.45. The zero-order chi connectivity index (χ0) is 13.7. The summed E-state index contributed by atoms with van der Waals surface area (Å²) >= 11 is 1.86. The molecule has 19 heavy (non-hydrogen) atoms. The van der Waals surface area contributed by atoms with Gasteiger partial charge < -0.3 is 4.52 Å². The van der Waals surface area contributed by atoms with Gasteiger partial charge in [0.05, 0.1) is 5.75 Å². The minimum Gasteiger partial charge on any atom is -0.338 e. The Labute approximate surface area is 119 Å². The number of nitrogens with zero attached hydrogens (tertiary/aromatic N) is 3. The van der Waals surface area contributed by atoms with Crippen molar-refractivity contribution >= 4 is 19.8 Å². The number of thioether (sulfide) groups is 1. The first-order valence-corrected chi connectivity index (χ1v) is 11.2. The van der Waals surface area contributed by atoms with Crippen molar-refractivity contribution in [2.45, 2.75) is 31.4 Å². The molecular formula is C13H19N3OSSi. The van der Waals surface area contributed by atoms with Crippen molar-refractivity contribution in [2.75, 3.05) is 5.75 Å². The summed E-state index contributed by atoms with van der Waals surface area (Å²) < 4.78 is 5.24.